The molecule has 98 valence electrons. The van der Waals surface area contributed by atoms with Gasteiger partial charge in [-0.1, -0.05) is 12.2 Å². The molecule has 1 rings (SSSR count). The molecule has 0 saturated carbocycles. The first-order valence-electron chi connectivity index (χ1n) is 5.65. The van der Waals surface area contributed by atoms with Gasteiger partial charge in [0.05, 0.1) is 19.8 Å². The Bertz CT molecular complexity index is 401. The van der Waals surface area contributed by atoms with Crippen LogP contribution in [0.25, 0.3) is 0 Å². The minimum absolute atomic E-state index is 0.0900. The molecule has 0 saturated heterocycles. The summed E-state index contributed by atoms with van der Waals surface area (Å²) in [5, 5.41) is 9.03. The average molecular weight is 250 g/mol. The van der Waals surface area contributed by atoms with E-state index in [1.807, 2.05) is 6.92 Å². The number of rotatable bonds is 6. The Morgan fingerprint density at radius 2 is 2.11 bits per heavy atom. The fourth-order valence-electron chi connectivity index (χ4n) is 1.36. The highest BCUT2D eigenvalue weighted by atomic mass is 16.5. The number of nitrogens with one attached hydrogen (secondary N) is 2. The van der Waals surface area contributed by atoms with Gasteiger partial charge in [-0.2, -0.15) is 0 Å². The molecule has 0 radical (unpaired) electrons. The van der Waals surface area contributed by atoms with E-state index in [-0.39, 0.29) is 18.6 Å². The van der Waals surface area contributed by atoms with Gasteiger partial charge in [0.25, 0.3) is 5.91 Å². The molecule has 1 aromatic rings. The Kier molecular flexibility index (Phi) is 5.90. The van der Waals surface area contributed by atoms with Crippen molar-refractivity contribution in [1.29, 1.82) is 0 Å². The lowest BCUT2D eigenvalue weighted by Crippen LogP contribution is -2.45. The minimum Gasteiger partial charge on any atom is -0.497 e. The smallest absolute Gasteiger partial charge is 0.265 e. The van der Waals surface area contributed by atoms with E-state index in [2.05, 4.69) is 10.9 Å². The van der Waals surface area contributed by atoms with Crippen molar-refractivity contribution in [2.45, 2.75) is 13.0 Å². The number of carbonyl (C=O) groups is 1. The molecule has 18 heavy (non-hydrogen) atoms. The highest BCUT2D eigenvalue weighted by Crippen LogP contribution is 2.10. The van der Waals surface area contributed by atoms with E-state index in [9.17, 15) is 4.79 Å². The van der Waals surface area contributed by atoms with Crippen molar-refractivity contribution in [3.05, 3.63) is 42.0 Å². The lowest BCUT2D eigenvalue weighted by Gasteiger charge is -2.13. The maximum absolute atomic E-state index is 11.7. The van der Waals surface area contributed by atoms with Crippen LogP contribution in [-0.4, -0.2) is 30.8 Å². The monoisotopic (exact) mass is 250 g/mol. The molecule has 0 aliphatic rings. The number of allylic oxidation sites excluding steroid dienone is 1. The Morgan fingerprint density at radius 1 is 1.44 bits per heavy atom. The number of hydrogen-bond donors (Lipinski definition) is 3. The van der Waals surface area contributed by atoms with Gasteiger partial charge < -0.3 is 9.84 Å². The maximum Gasteiger partial charge on any atom is 0.265 e. The molecule has 0 aliphatic carbocycles. The number of carbonyl (C=O) groups excluding carboxylic acids is 1. The van der Waals surface area contributed by atoms with Crippen LogP contribution < -0.4 is 15.6 Å². The third kappa shape index (κ3) is 4.20. The second-order valence-corrected chi connectivity index (χ2v) is 3.64. The molecular formula is C13H18N2O3. The second-order valence-electron chi connectivity index (χ2n) is 3.64. The normalized spacial score (nSPS) is 12.4. The van der Waals surface area contributed by atoms with Gasteiger partial charge in [0, 0.05) is 5.56 Å². The highest BCUT2D eigenvalue weighted by Gasteiger charge is 2.07. The molecule has 0 aliphatic heterocycles. The maximum atomic E-state index is 11.7. The zero-order valence-corrected chi connectivity index (χ0v) is 10.5. The van der Waals surface area contributed by atoms with E-state index in [1.165, 1.54) is 0 Å². The number of amides is 1. The van der Waals surface area contributed by atoms with Crippen LogP contribution in [0.2, 0.25) is 0 Å². The fraction of sp³-hybridized carbons (Fsp3) is 0.308. The van der Waals surface area contributed by atoms with Crippen LogP contribution in [0.1, 0.15) is 17.3 Å². The van der Waals surface area contributed by atoms with Crippen molar-refractivity contribution in [3.8, 4) is 5.75 Å². The zero-order chi connectivity index (χ0) is 13.4. The molecule has 0 fully saturated rings. The number of methoxy groups -OCH3 is 1. The lowest BCUT2D eigenvalue weighted by atomic mass is 10.2. The lowest BCUT2D eigenvalue weighted by molar-refractivity contribution is 0.0922. The molecule has 1 unspecified atom stereocenters. The summed E-state index contributed by atoms with van der Waals surface area (Å²) in [6.45, 7) is 1.75. The van der Waals surface area contributed by atoms with E-state index >= 15 is 0 Å². The molecule has 1 atom stereocenters. The summed E-state index contributed by atoms with van der Waals surface area (Å²) in [5.41, 5.74) is 5.78. The van der Waals surface area contributed by atoms with Crippen molar-refractivity contribution in [2.75, 3.05) is 13.7 Å². The summed E-state index contributed by atoms with van der Waals surface area (Å²) in [4.78, 5) is 11.7. The quantitative estimate of drug-likeness (QED) is 0.517. The molecular weight excluding hydrogens is 232 g/mol. The van der Waals surface area contributed by atoms with E-state index < -0.39 is 0 Å². The van der Waals surface area contributed by atoms with Crippen molar-refractivity contribution in [1.82, 2.24) is 10.9 Å². The standard InChI is InChI=1S/C13H18N2O3/c1-3-4-11(9-16)14-15-13(17)10-5-7-12(18-2)8-6-10/h3-8,11,14,16H,9H2,1-2H3,(H,15,17)/b4-3-. The summed E-state index contributed by atoms with van der Waals surface area (Å²) in [6, 6.07) is 6.46. The zero-order valence-electron chi connectivity index (χ0n) is 10.5. The SMILES string of the molecule is C/C=C\C(CO)NNC(=O)c1ccc(OC)cc1. The van der Waals surface area contributed by atoms with Gasteiger partial charge in [-0.15, -0.1) is 0 Å². The van der Waals surface area contributed by atoms with Crippen LogP contribution in [0.4, 0.5) is 0 Å². The Labute approximate surface area is 106 Å². The van der Waals surface area contributed by atoms with Gasteiger partial charge in [-0.25, -0.2) is 5.43 Å². The first kappa shape index (κ1) is 14.2. The predicted molar refractivity (Wildman–Crippen MR) is 69.3 cm³/mol. The highest BCUT2D eigenvalue weighted by molar-refractivity contribution is 5.93. The summed E-state index contributed by atoms with van der Waals surface area (Å²) in [7, 11) is 1.57. The van der Waals surface area contributed by atoms with Crippen LogP contribution in [0.15, 0.2) is 36.4 Å². The average Bonchev–Trinajstić information content (AvgIpc) is 2.43. The van der Waals surface area contributed by atoms with E-state index in [0.29, 0.717) is 11.3 Å². The number of aliphatic hydroxyl groups excluding tert-OH is 1. The summed E-state index contributed by atoms with van der Waals surface area (Å²) >= 11 is 0. The number of ether oxygens (including phenoxy) is 1. The van der Waals surface area contributed by atoms with Gasteiger partial charge in [0.15, 0.2) is 0 Å². The predicted octanol–water partition coefficient (Wildman–Crippen LogP) is 0.867. The van der Waals surface area contributed by atoms with Gasteiger partial charge in [-0.3, -0.25) is 10.2 Å². The van der Waals surface area contributed by atoms with Crippen LogP contribution in [0.3, 0.4) is 0 Å². The van der Waals surface area contributed by atoms with Gasteiger partial charge >= 0.3 is 0 Å². The van der Waals surface area contributed by atoms with E-state index in [0.717, 1.165) is 0 Å². The first-order chi connectivity index (χ1) is 8.71. The molecule has 5 heteroatoms. The van der Waals surface area contributed by atoms with E-state index in [1.54, 1.807) is 43.5 Å². The first-order valence-corrected chi connectivity index (χ1v) is 5.65. The number of hydrazine groups is 1. The minimum atomic E-state index is -0.294. The summed E-state index contributed by atoms with van der Waals surface area (Å²) in [6.07, 6.45) is 3.56. The second kappa shape index (κ2) is 7.47. The fourth-order valence-corrected chi connectivity index (χ4v) is 1.36. The molecule has 1 aromatic carbocycles. The van der Waals surface area contributed by atoms with Crippen molar-refractivity contribution >= 4 is 5.91 Å². The van der Waals surface area contributed by atoms with Gasteiger partial charge in [0.1, 0.15) is 5.75 Å². The molecule has 5 nitrogen and oxygen atoms in total. The van der Waals surface area contributed by atoms with Crippen molar-refractivity contribution in [3.63, 3.8) is 0 Å². The third-order valence-corrected chi connectivity index (χ3v) is 2.34. The molecule has 1 amide bonds. The summed E-state index contributed by atoms with van der Waals surface area (Å²) in [5.74, 6) is 0.433. The third-order valence-electron chi connectivity index (χ3n) is 2.34. The number of benzene rings is 1. The number of hydrogen-bond acceptors (Lipinski definition) is 4. The van der Waals surface area contributed by atoms with Crippen LogP contribution in [0.5, 0.6) is 5.75 Å². The molecule has 0 aromatic heterocycles. The van der Waals surface area contributed by atoms with Gasteiger partial charge in [-0.05, 0) is 31.2 Å². The molecule has 0 heterocycles. The van der Waals surface area contributed by atoms with Gasteiger partial charge in [0.2, 0.25) is 0 Å². The van der Waals surface area contributed by atoms with Crippen molar-refractivity contribution < 1.29 is 14.6 Å². The summed E-state index contributed by atoms with van der Waals surface area (Å²) < 4.78 is 5.01. The van der Waals surface area contributed by atoms with Crippen LogP contribution in [0, 0.1) is 0 Å². The molecule has 3 N–H and O–H groups in total. The van der Waals surface area contributed by atoms with Crippen molar-refractivity contribution in [2.24, 2.45) is 0 Å². The Balaban J connectivity index is 2.54. The Morgan fingerprint density at radius 3 is 2.61 bits per heavy atom. The van der Waals surface area contributed by atoms with E-state index in [4.69, 9.17) is 9.84 Å². The topological polar surface area (TPSA) is 70.6 Å². The largest absolute Gasteiger partial charge is 0.497 e. The Hall–Kier alpha value is -1.85. The molecule has 0 bridgehead atoms. The van der Waals surface area contributed by atoms with Crippen LogP contribution >= 0.6 is 0 Å². The van der Waals surface area contributed by atoms with Crippen LogP contribution in [-0.2, 0) is 0 Å². The molecule has 0 spiro atoms. The number of aliphatic hydroxyl groups is 1.